The summed E-state index contributed by atoms with van der Waals surface area (Å²) in [6.45, 7) is 5.78. The molecule has 0 bridgehead atoms. The third-order valence-corrected chi connectivity index (χ3v) is 5.92. The molecule has 3 aliphatic rings. The molecule has 112 valence electrons. The number of nitrogens with zero attached hydrogens (tertiary/aromatic N) is 2. The zero-order valence-corrected chi connectivity index (χ0v) is 12.9. The van der Waals surface area contributed by atoms with Gasteiger partial charge in [0.2, 0.25) is 0 Å². The number of likely N-dealkylation sites (tertiary alicyclic amines) is 1. The molecule has 0 amide bonds. The SMILES string of the molecule is CCCNC1(C#N)CCCC(N2CC3CCCC3C2)C1. The molecule has 4 atom stereocenters. The van der Waals surface area contributed by atoms with E-state index in [1.54, 1.807) is 0 Å². The molecule has 2 saturated carbocycles. The Kier molecular flexibility index (Phi) is 4.33. The molecule has 0 aromatic heterocycles. The second-order valence-electron chi connectivity index (χ2n) is 7.28. The number of hydrogen-bond donors (Lipinski definition) is 1. The lowest BCUT2D eigenvalue weighted by molar-refractivity contribution is 0.135. The highest BCUT2D eigenvalue weighted by Crippen LogP contribution is 2.41. The van der Waals surface area contributed by atoms with Gasteiger partial charge >= 0.3 is 0 Å². The molecular formula is C17H29N3. The van der Waals surface area contributed by atoms with E-state index in [-0.39, 0.29) is 5.54 Å². The summed E-state index contributed by atoms with van der Waals surface area (Å²) in [7, 11) is 0. The van der Waals surface area contributed by atoms with Gasteiger partial charge in [0.25, 0.3) is 0 Å². The molecule has 1 heterocycles. The van der Waals surface area contributed by atoms with Gasteiger partial charge in [-0.15, -0.1) is 0 Å². The Balaban J connectivity index is 1.61. The van der Waals surface area contributed by atoms with Gasteiger partial charge in [0.15, 0.2) is 0 Å². The fourth-order valence-electron chi connectivity index (χ4n) is 4.79. The van der Waals surface area contributed by atoms with Gasteiger partial charge in [-0.25, -0.2) is 0 Å². The maximum absolute atomic E-state index is 9.66. The first-order valence-corrected chi connectivity index (χ1v) is 8.66. The maximum Gasteiger partial charge on any atom is 0.108 e. The molecule has 0 aromatic rings. The molecule has 1 saturated heterocycles. The maximum atomic E-state index is 9.66. The van der Waals surface area contributed by atoms with E-state index >= 15 is 0 Å². The fraction of sp³-hybridized carbons (Fsp3) is 0.941. The summed E-state index contributed by atoms with van der Waals surface area (Å²) in [6, 6.07) is 3.27. The van der Waals surface area contributed by atoms with Gasteiger partial charge in [0, 0.05) is 19.1 Å². The van der Waals surface area contributed by atoms with Gasteiger partial charge < -0.3 is 0 Å². The van der Waals surface area contributed by atoms with Crippen LogP contribution in [0.4, 0.5) is 0 Å². The van der Waals surface area contributed by atoms with Crippen LogP contribution in [0.3, 0.4) is 0 Å². The Morgan fingerprint density at radius 1 is 1.20 bits per heavy atom. The molecule has 3 rings (SSSR count). The van der Waals surface area contributed by atoms with Crippen molar-refractivity contribution in [2.75, 3.05) is 19.6 Å². The lowest BCUT2D eigenvalue weighted by Gasteiger charge is -2.40. The van der Waals surface area contributed by atoms with Gasteiger partial charge in [-0.05, 0) is 63.3 Å². The molecular weight excluding hydrogens is 246 g/mol. The molecule has 3 heteroatoms. The molecule has 0 spiro atoms. The predicted molar refractivity (Wildman–Crippen MR) is 81.3 cm³/mol. The van der Waals surface area contributed by atoms with Crippen LogP contribution in [0.25, 0.3) is 0 Å². The molecule has 2 aliphatic carbocycles. The number of nitrogens with one attached hydrogen (secondary N) is 1. The minimum atomic E-state index is -0.239. The van der Waals surface area contributed by atoms with Crippen LogP contribution >= 0.6 is 0 Å². The van der Waals surface area contributed by atoms with Crippen molar-refractivity contribution in [2.24, 2.45) is 11.8 Å². The van der Waals surface area contributed by atoms with Gasteiger partial charge in [0.05, 0.1) is 6.07 Å². The Labute approximate surface area is 123 Å². The van der Waals surface area contributed by atoms with Crippen molar-refractivity contribution in [3.63, 3.8) is 0 Å². The van der Waals surface area contributed by atoms with E-state index in [0.717, 1.165) is 37.6 Å². The predicted octanol–water partition coefficient (Wildman–Crippen LogP) is 2.92. The highest BCUT2D eigenvalue weighted by Gasteiger charge is 2.43. The minimum absolute atomic E-state index is 0.239. The topological polar surface area (TPSA) is 39.1 Å². The molecule has 1 aliphatic heterocycles. The van der Waals surface area contributed by atoms with E-state index in [1.807, 2.05) is 0 Å². The van der Waals surface area contributed by atoms with E-state index in [9.17, 15) is 5.26 Å². The second kappa shape index (κ2) is 6.03. The molecule has 3 fully saturated rings. The lowest BCUT2D eigenvalue weighted by Crippen LogP contribution is -2.52. The minimum Gasteiger partial charge on any atom is -0.300 e. The van der Waals surface area contributed by atoms with Crippen molar-refractivity contribution in [3.05, 3.63) is 0 Å². The zero-order valence-electron chi connectivity index (χ0n) is 12.9. The molecule has 0 aromatic carbocycles. The van der Waals surface area contributed by atoms with E-state index in [2.05, 4.69) is 23.2 Å². The smallest absolute Gasteiger partial charge is 0.108 e. The lowest BCUT2D eigenvalue weighted by atomic mass is 9.79. The number of nitriles is 1. The third kappa shape index (κ3) is 2.73. The van der Waals surface area contributed by atoms with Crippen molar-refractivity contribution in [1.29, 1.82) is 5.26 Å². The van der Waals surface area contributed by atoms with Gasteiger partial charge in [-0.1, -0.05) is 13.3 Å². The number of rotatable bonds is 4. The quantitative estimate of drug-likeness (QED) is 0.857. The Hall–Kier alpha value is -0.590. The number of hydrogen-bond acceptors (Lipinski definition) is 3. The summed E-state index contributed by atoms with van der Waals surface area (Å²) in [4.78, 5) is 2.73. The van der Waals surface area contributed by atoms with Crippen LogP contribution < -0.4 is 5.32 Å². The summed E-state index contributed by atoms with van der Waals surface area (Å²) in [5, 5.41) is 13.2. The summed E-state index contributed by atoms with van der Waals surface area (Å²) < 4.78 is 0. The molecule has 4 unspecified atom stereocenters. The third-order valence-electron chi connectivity index (χ3n) is 5.92. The van der Waals surface area contributed by atoms with E-state index in [1.165, 1.54) is 45.2 Å². The normalized spacial score (nSPS) is 41.5. The Morgan fingerprint density at radius 2 is 1.95 bits per heavy atom. The van der Waals surface area contributed by atoms with E-state index < -0.39 is 0 Å². The van der Waals surface area contributed by atoms with Crippen molar-refractivity contribution in [3.8, 4) is 6.07 Å². The van der Waals surface area contributed by atoms with Gasteiger partial charge in [-0.3, -0.25) is 10.2 Å². The summed E-state index contributed by atoms with van der Waals surface area (Å²) in [5.41, 5.74) is -0.239. The molecule has 3 nitrogen and oxygen atoms in total. The van der Waals surface area contributed by atoms with Crippen molar-refractivity contribution >= 4 is 0 Å². The van der Waals surface area contributed by atoms with Gasteiger partial charge in [-0.2, -0.15) is 5.26 Å². The Bertz CT molecular complexity index is 363. The standard InChI is InChI=1S/C17H29N3/c1-2-9-19-17(13-18)8-4-7-16(10-17)20-11-14-5-3-6-15(14)12-20/h14-16,19H,2-12H2,1H3. The van der Waals surface area contributed by atoms with Crippen LogP contribution in [0, 0.1) is 23.2 Å². The largest absolute Gasteiger partial charge is 0.300 e. The van der Waals surface area contributed by atoms with Crippen LogP contribution in [-0.4, -0.2) is 36.1 Å². The molecule has 0 radical (unpaired) electrons. The monoisotopic (exact) mass is 275 g/mol. The van der Waals surface area contributed by atoms with Crippen LogP contribution in [0.2, 0.25) is 0 Å². The van der Waals surface area contributed by atoms with Crippen LogP contribution in [0.1, 0.15) is 58.3 Å². The first-order valence-electron chi connectivity index (χ1n) is 8.66. The first-order chi connectivity index (χ1) is 9.76. The van der Waals surface area contributed by atoms with E-state index in [4.69, 9.17) is 0 Å². The first kappa shape index (κ1) is 14.4. The van der Waals surface area contributed by atoms with Crippen LogP contribution in [-0.2, 0) is 0 Å². The Morgan fingerprint density at radius 3 is 2.60 bits per heavy atom. The average Bonchev–Trinajstić information content (AvgIpc) is 3.06. The number of fused-ring (bicyclic) bond motifs is 1. The highest BCUT2D eigenvalue weighted by molar-refractivity contribution is 5.11. The van der Waals surface area contributed by atoms with Crippen molar-refractivity contribution < 1.29 is 0 Å². The average molecular weight is 275 g/mol. The molecule has 20 heavy (non-hydrogen) atoms. The van der Waals surface area contributed by atoms with Gasteiger partial charge in [0.1, 0.15) is 5.54 Å². The summed E-state index contributed by atoms with van der Waals surface area (Å²) in [5.74, 6) is 1.94. The fourth-order valence-corrected chi connectivity index (χ4v) is 4.79. The highest BCUT2D eigenvalue weighted by atomic mass is 15.2. The van der Waals surface area contributed by atoms with E-state index in [0.29, 0.717) is 6.04 Å². The van der Waals surface area contributed by atoms with Crippen molar-refractivity contribution in [2.45, 2.75) is 69.9 Å². The molecule has 1 N–H and O–H groups in total. The second-order valence-corrected chi connectivity index (χ2v) is 7.28. The zero-order chi connectivity index (χ0) is 14.0. The summed E-state index contributed by atoms with van der Waals surface area (Å²) in [6.07, 6.45) is 10.1. The van der Waals surface area contributed by atoms with Crippen molar-refractivity contribution in [1.82, 2.24) is 10.2 Å². The van der Waals surface area contributed by atoms with Crippen LogP contribution in [0.15, 0.2) is 0 Å². The van der Waals surface area contributed by atoms with Crippen LogP contribution in [0.5, 0.6) is 0 Å². The summed E-state index contributed by atoms with van der Waals surface area (Å²) >= 11 is 0.